The second-order valence-corrected chi connectivity index (χ2v) is 2.68. The molecule has 3 heteroatoms. The molecule has 0 bridgehead atoms. The lowest BCUT2D eigenvalue weighted by Crippen LogP contribution is -2.18. The normalized spacial score (nSPS) is 11.5. The molecule has 1 aromatic carbocycles. The van der Waals surface area contributed by atoms with Gasteiger partial charge in [0.25, 0.3) is 0 Å². The van der Waals surface area contributed by atoms with E-state index in [4.69, 9.17) is 10.8 Å². The quantitative estimate of drug-likeness (QED) is 0.728. The number of hydrogen-bond donors (Lipinski definition) is 2. The van der Waals surface area contributed by atoms with E-state index in [0.717, 1.165) is 5.56 Å². The van der Waals surface area contributed by atoms with Crippen LogP contribution in [0.25, 0.3) is 0 Å². The third kappa shape index (κ3) is 2.87. The van der Waals surface area contributed by atoms with Gasteiger partial charge in [-0.25, -0.2) is 0 Å². The molecule has 0 amide bonds. The van der Waals surface area contributed by atoms with E-state index >= 15 is 0 Å². The SMILES string of the molecule is C.CC(=O)C(N)c1ccc(O)cc1. The first-order valence-electron chi connectivity index (χ1n) is 3.66. The molecule has 1 atom stereocenters. The smallest absolute Gasteiger partial charge is 0.150 e. The van der Waals surface area contributed by atoms with Gasteiger partial charge in [0, 0.05) is 0 Å². The van der Waals surface area contributed by atoms with Gasteiger partial charge in [-0.05, 0) is 24.6 Å². The number of hydrogen-bond acceptors (Lipinski definition) is 3. The summed E-state index contributed by atoms with van der Waals surface area (Å²) in [5.41, 5.74) is 6.28. The number of ketones is 1. The number of carbonyl (C=O) groups excluding carboxylic acids is 1. The maximum absolute atomic E-state index is 10.8. The summed E-state index contributed by atoms with van der Waals surface area (Å²) in [6.07, 6.45) is 0. The van der Waals surface area contributed by atoms with Crippen LogP contribution in [-0.2, 0) is 4.79 Å². The first-order chi connectivity index (χ1) is 5.61. The molecular weight excluding hydrogens is 166 g/mol. The van der Waals surface area contributed by atoms with Crippen LogP contribution in [0.1, 0.15) is 26.0 Å². The Balaban J connectivity index is 0.00000144. The summed E-state index contributed by atoms with van der Waals surface area (Å²) in [7, 11) is 0. The molecule has 1 aromatic rings. The molecule has 72 valence electrons. The maximum Gasteiger partial charge on any atom is 0.150 e. The summed E-state index contributed by atoms with van der Waals surface area (Å²) in [6, 6.07) is 5.73. The van der Waals surface area contributed by atoms with Crippen LogP contribution in [0.5, 0.6) is 5.75 Å². The Labute approximate surface area is 78.2 Å². The minimum absolute atomic E-state index is 0. The Hall–Kier alpha value is -1.35. The fourth-order valence-electron chi connectivity index (χ4n) is 0.916. The molecule has 0 radical (unpaired) electrons. The molecule has 0 saturated carbocycles. The van der Waals surface area contributed by atoms with Crippen LogP contribution in [0.2, 0.25) is 0 Å². The Morgan fingerprint density at radius 3 is 2.23 bits per heavy atom. The van der Waals surface area contributed by atoms with E-state index in [1.807, 2.05) is 0 Å². The number of benzene rings is 1. The number of phenols is 1. The van der Waals surface area contributed by atoms with Gasteiger partial charge in [-0.15, -0.1) is 0 Å². The van der Waals surface area contributed by atoms with Crippen molar-refractivity contribution in [2.45, 2.75) is 20.4 Å². The summed E-state index contributed by atoms with van der Waals surface area (Å²) in [6.45, 7) is 1.44. The van der Waals surface area contributed by atoms with Crippen LogP contribution < -0.4 is 5.73 Å². The van der Waals surface area contributed by atoms with Crippen LogP contribution in [-0.4, -0.2) is 10.9 Å². The predicted molar refractivity (Wildman–Crippen MR) is 52.4 cm³/mol. The van der Waals surface area contributed by atoms with Crippen molar-refractivity contribution in [3.63, 3.8) is 0 Å². The molecule has 0 saturated heterocycles. The maximum atomic E-state index is 10.8. The Kier molecular flexibility index (Phi) is 4.14. The highest BCUT2D eigenvalue weighted by Crippen LogP contribution is 2.15. The molecule has 1 rings (SSSR count). The Morgan fingerprint density at radius 1 is 1.38 bits per heavy atom. The fourth-order valence-corrected chi connectivity index (χ4v) is 0.916. The van der Waals surface area contributed by atoms with Gasteiger partial charge < -0.3 is 10.8 Å². The van der Waals surface area contributed by atoms with E-state index in [-0.39, 0.29) is 19.0 Å². The van der Waals surface area contributed by atoms with Crippen molar-refractivity contribution in [1.82, 2.24) is 0 Å². The van der Waals surface area contributed by atoms with Gasteiger partial charge in [0.1, 0.15) is 5.75 Å². The molecule has 1 unspecified atom stereocenters. The highest BCUT2D eigenvalue weighted by atomic mass is 16.3. The van der Waals surface area contributed by atoms with Gasteiger partial charge >= 0.3 is 0 Å². The second-order valence-electron chi connectivity index (χ2n) is 2.68. The van der Waals surface area contributed by atoms with Crippen molar-refractivity contribution in [3.05, 3.63) is 29.8 Å². The first kappa shape index (κ1) is 11.6. The molecule has 0 heterocycles. The van der Waals surface area contributed by atoms with E-state index in [0.29, 0.717) is 0 Å². The first-order valence-corrected chi connectivity index (χ1v) is 3.66. The van der Waals surface area contributed by atoms with Crippen LogP contribution in [0.3, 0.4) is 0 Å². The molecule has 0 spiro atoms. The van der Waals surface area contributed by atoms with Gasteiger partial charge in [-0.2, -0.15) is 0 Å². The minimum atomic E-state index is -0.578. The standard InChI is InChI=1S/C9H11NO2.CH4/c1-6(11)9(10)7-2-4-8(12)5-3-7;/h2-5,9,12H,10H2,1H3;1H4. The van der Waals surface area contributed by atoms with Crippen molar-refractivity contribution in [3.8, 4) is 5.75 Å². The zero-order valence-electron chi connectivity index (χ0n) is 6.82. The average Bonchev–Trinajstić information content (AvgIpc) is 2.04. The third-order valence-electron chi connectivity index (χ3n) is 1.69. The zero-order valence-corrected chi connectivity index (χ0v) is 6.82. The number of rotatable bonds is 2. The lowest BCUT2D eigenvalue weighted by Gasteiger charge is -2.06. The van der Waals surface area contributed by atoms with Gasteiger partial charge in [0.15, 0.2) is 5.78 Å². The second kappa shape index (κ2) is 4.62. The summed E-state index contributed by atoms with van der Waals surface area (Å²) in [5, 5.41) is 8.95. The van der Waals surface area contributed by atoms with Crippen molar-refractivity contribution in [1.29, 1.82) is 0 Å². The van der Waals surface area contributed by atoms with E-state index in [1.54, 1.807) is 12.1 Å². The van der Waals surface area contributed by atoms with Crippen LogP contribution in [0, 0.1) is 0 Å². The van der Waals surface area contributed by atoms with Crippen LogP contribution in [0.15, 0.2) is 24.3 Å². The Bertz CT molecular complexity index is 279. The van der Waals surface area contributed by atoms with Crippen molar-refractivity contribution >= 4 is 5.78 Å². The van der Waals surface area contributed by atoms with Crippen LogP contribution in [0.4, 0.5) is 0 Å². The van der Waals surface area contributed by atoms with Crippen molar-refractivity contribution in [2.24, 2.45) is 5.73 Å². The lowest BCUT2D eigenvalue weighted by atomic mass is 10.0. The molecule has 0 aliphatic heterocycles. The number of Topliss-reactive ketones (excluding diaryl/α,β-unsaturated/α-hetero) is 1. The Morgan fingerprint density at radius 2 is 1.85 bits per heavy atom. The molecule has 13 heavy (non-hydrogen) atoms. The van der Waals surface area contributed by atoms with Gasteiger partial charge in [0.2, 0.25) is 0 Å². The summed E-state index contributed by atoms with van der Waals surface area (Å²) in [4.78, 5) is 10.8. The molecule has 3 nitrogen and oxygen atoms in total. The molecule has 0 fully saturated rings. The van der Waals surface area contributed by atoms with Gasteiger partial charge in [-0.1, -0.05) is 19.6 Å². The molecule has 0 aromatic heterocycles. The van der Waals surface area contributed by atoms with E-state index in [9.17, 15) is 4.79 Å². The minimum Gasteiger partial charge on any atom is -0.508 e. The summed E-state index contributed by atoms with van der Waals surface area (Å²) in [5.74, 6) is 0.0928. The van der Waals surface area contributed by atoms with Gasteiger partial charge in [-0.3, -0.25) is 4.79 Å². The number of carbonyl (C=O) groups is 1. The third-order valence-corrected chi connectivity index (χ3v) is 1.69. The van der Waals surface area contributed by atoms with Crippen molar-refractivity contribution < 1.29 is 9.90 Å². The molecule has 0 aliphatic rings. The van der Waals surface area contributed by atoms with E-state index < -0.39 is 6.04 Å². The highest BCUT2D eigenvalue weighted by Gasteiger charge is 2.09. The van der Waals surface area contributed by atoms with Crippen molar-refractivity contribution in [2.75, 3.05) is 0 Å². The monoisotopic (exact) mass is 181 g/mol. The molecule has 3 N–H and O–H groups in total. The molecule has 0 aliphatic carbocycles. The number of aromatic hydroxyl groups is 1. The number of nitrogens with two attached hydrogens (primary N) is 1. The topological polar surface area (TPSA) is 63.3 Å². The van der Waals surface area contributed by atoms with E-state index in [2.05, 4.69) is 0 Å². The zero-order chi connectivity index (χ0) is 9.14. The highest BCUT2D eigenvalue weighted by molar-refractivity contribution is 5.82. The molecular formula is C10H15NO2. The van der Waals surface area contributed by atoms with Crippen LogP contribution >= 0.6 is 0 Å². The van der Waals surface area contributed by atoms with E-state index in [1.165, 1.54) is 19.1 Å². The average molecular weight is 181 g/mol. The predicted octanol–water partition coefficient (Wildman–Crippen LogP) is 1.62. The fraction of sp³-hybridized carbons (Fsp3) is 0.300. The summed E-state index contributed by atoms with van der Waals surface area (Å²) < 4.78 is 0. The summed E-state index contributed by atoms with van der Waals surface area (Å²) >= 11 is 0. The van der Waals surface area contributed by atoms with Gasteiger partial charge in [0.05, 0.1) is 6.04 Å². The number of phenolic OH excluding ortho intramolecular Hbond substituents is 1. The lowest BCUT2D eigenvalue weighted by molar-refractivity contribution is -0.118. The largest absolute Gasteiger partial charge is 0.508 e.